The number of H-pyrrole nitrogens is 1. The van der Waals surface area contributed by atoms with Crippen LogP contribution in [0, 0.1) is 0 Å². The highest BCUT2D eigenvalue weighted by Gasteiger charge is 2.28. The first-order chi connectivity index (χ1) is 15.7. The molecular formula is C27H36N4O. The first-order valence-electron chi connectivity index (χ1n) is 12.2. The zero-order valence-corrected chi connectivity index (χ0v) is 19.7. The Bertz CT molecular complexity index is 1060. The summed E-state index contributed by atoms with van der Waals surface area (Å²) in [6, 6.07) is 12.0. The predicted molar refractivity (Wildman–Crippen MR) is 132 cm³/mol. The minimum atomic E-state index is 0.653. The van der Waals surface area contributed by atoms with E-state index in [0.717, 1.165) is 18.0 Å². The maximum absolute atomic E-state index is 5.35. The summed E-state index contributed by atoms with van der Waals surface area (Å²) in [6.45, 7) is 7.23. The van der Waals surface area contributed by atoms with E-state index in [1.54, 1.807) is 7.11 Å². The SMILES string of the molecule is CCc1c(-c2ccnc(OC)c2)[nH]c2ccc(C3CCN(C4CCN(C)CC4)CC3)cc12. The number of aromatic nitrogens is 2. The van der Waals surface area contributed by atoms with Crippen molar-refractivity contribution in [3.05, 3.63) is 47.7 Å². The van der Waals surface area contributed by atoms with Crippen LogP contribution in [0.2, 0.25) is 0 Å². The molecule has 5 nitrogen and oxygen atoms in total. The quantitative estimate of drug-likeness (QED) is 0.611. The standard InChI is InChI=1S/C27H36N4O/c1-4-23-24-17-20(19-8-15-31(16-9-19)22-10-13-30(2)14-11-22)5-6-25(24)29-27(23)21-7-12-28-26(18-21)32-3/h5-7,12,17-19,22,29H,4,8-11,13-16H2,1-3H3. The summed E-state index contributed by atoms with van der Waals surface area (Å²) in [5.74, 6) is 1.33. The van der Waals surface area contributed by atoms with Crippen LogP contribution in [0.25, 0.3) is 22.2 Å². The van der Waals surface area contributed by atoms with E-state index >= 15 is 0 Å². The Labute approximate surface area is 191 Å². The van der Waals surface area contributed by atoms with Crippen LogP contribution in [-0.2, 0) is 6.42 Å². The number of rotatable bonds is 5. The molecule has 2 saturated heterocycles. The largest absolute Gasteiger partial charge is 0.481 e. The van der Waals surface area contributed by atoms with Gasteiger partial charge < -0.3 is 19.5 Å². The van der Waals surface area contributed by atoms with Gasteiger partial charge in [0.15, 0.2) is 0 Å². The Kier molecular flexibility index (Phi) is 6.20. The molecule has 0 unspecified atom stereocenters. The maximum atomic E-state index is 5.35. The molecule has 5 rings (SSSR count). The molecule has 2 aliphatic rings. The van der Waals surface area contributed by atoms with Crippen LogP contribution in [0.4, 0.5) is 0 Å². The third-order valence-corrected chi connectivity index (χ3v) is 7.72. The van der Waals surface area contributed by atoms with Crippen LogP contribution in [-0.4, -0.2) is 66.1 Å². The van der Waals surface area contributed by atoms with Gasteiger partial charge in [0.1, 0.15) is 0 Å². The number of likely N-dealkylation sites (tertiary alicyclic amines) is 2. The number of nitrogens with zero attached hydrogens (tertiary/aromatic N) is 3. The molecule has 2 fully saturated rings. The van der Waals surface area contributed by atoms with E-state index in [1.165, 1.54) is 79.6 Å². The lowest BCUT2D eigenvalue weighted by Crippen LogP contribution is -2.46. The number of hydrogen-bond donors (Lipinski definition) is 1. The molecule has 0 bridgehead atoms. The molecular weight excluding hydrogens is 396 g/mol. The Balaban J connectivity index is 1.36. The lowest BCUT2D eigenvalue weighted by molar-refractivity contribution is 0.0966. The second-order valence-corrected chi connectivity index (χ2v) is 9.57. The highest BCUT2D eigenvalue weighted by Crippen LogP contribution is 2.36. The number of methoxy groups -OCH3 is 1. The molecule has 170 valence electrons. The number of piperidine rings is 2. The number of benzene rings is 1. The molecule has 0 saturated carbocycles. The normalized spacial score (nSPS) is 19.6. The number of pyridine rings is 1. The van der Waals surface area contributed by atoms with Crippen LogP contribution >= 0.6 is 0 Å². The lowest BCUT2D eigenvalue weighted by atomic mass is 9.87. The number of fused-ring (bicyclic) bond motifs is 1. The molecule has 0 atom stereocenters. The van der Waals surface area contributed by atoms with Gasteiger partial charge in [-0.25, -0.2) is 4.98 Å². The van der Waals surface area contributed by atoms with Gasteiger partial charge in [-0.3, -0.25) is 0 Å². The summed E-state index contributed by atoms with van der Waals surface area (Å²) in [5, 5.41) is 1.37. The van der Waals surface area contributed by atoms with Gasteiger partial charge in [0.25, 0.3) is 0 Å². The highest BCUT2D eigenvalue weighted by molar-refractivity contribution is 5.91. The minimum Gasteiger partial charge on any atom is -0.481 e. The Hall–Kier alpha value is -2.37. The second kappa shape index (κ2) is 9.24. The van der Waals surface area contributed by atoms with Crippen molar-refractivity contribution >= 4 is 10.9 Å². The Morgan fingerprint density at radius 1 is 1.03 bits per heavy atom. The van der Waals surface area contributed by atoms with Crippen LogP contribution < -0.4 is 4.74 Å². The fourth-order valence-corrected chi connectivity index (χ4v) is 5.77. The second-order valence-electron chi connectivity index (χ2n) is 9.57. The van der Waals surface area contributed by atoms with Gasteiger partial charge in [-0.1, -0.05) is 13.0 Å². The molecule has 3 aromatic rings. The average molecular weight is 433 g/mol. The highest BCUT2D eigenvalue weighted by atomic mass is 16.5. The topological polar surface area (TPSA) is 44.4 Å². The van der Waals surface area contributed by atoms with Crippen molar-refractivity contribution in [2.24, 2.45) is 0 Å². The smallest absolute Gasteiger partial charge is 0.213 e. The number of nitrogens with one attached hydrogen (secondary N) is 1. The van der Waals surface area contributed by atoms with Crippen molar-refractivity contribution in [2.75, 3.05) is 40.3 Å². The summed E-state index contributed by atoms with van der Waals surface area (Å²) in [7, 11) is 3.92. The van der Waals surface area contributed by atoms with E-state index < -0.39 is 0 Å². The molecule has 0 amide bonds. The van der Waals surface area contributed by atoms with Gasteiger partial charge >= 0.3 is 0 Å². The van der Waals surface area contributed by atoms with Crippen LogP contribution in [0.1, 0.15) is 49.7 Å². The summed E-state index contributed by atoms with van der Waals surface area (Å²) in [5.41, 5.74) is 6.45. The van der Waals surface area contributed by atoms with Crippen LogP contribution in [0.15, 0.2) is 36.5 Å². The van der Waals surface area contributed by atoms with Crippen molar-refractivity contribution in [1.82, 2.24) is 19.8 Å². The zero-order chi connectivity index (χ0) is 22.1. The van der Waals surface area contributed by atoms with Gasteiger partial charge in [-0.2, -0.15) is 0 Å². The maximum Gasteiger partial charge on any atom is 0.213 e. The number of aryl methyl sites for hydroxylation is 1. The number of hydrogen-bond acceptors (Lipinski definition) is 4. The molecule has 0 radical (unpaired) electrons. The van der Waals surface area contributed by atoms with Crippen LogP contribution in [0.5, 0.6) is 5.88 Å². The average Bonchev–Trinajstić information content (AvgIpc) is 3.22. The first-order valence-corrected chi connectivity index (χ1v) is 12.2. The molecule has 2 aliphatic heterocycles. The van der Waals surface area contributed by atoms with E-state index in [0.29, 0.717) is 11.8 Å². The summed E-state index contributed by atoms with van der Waals surface area (Å²) >= 11 is 0. The van der Waals surface area contributed by atoms with Crippen LogP contribution in [0.3, 0.4) is 0 Å². The van der Waals surface area contributed by atoms with E-state index in [4.69, 9.17) is 4.74 Å². The van der Waals surface area contributed by atoms with Gasteiger partial charge in [0, 0.05) is 40.5 Å². The van der Waals surface area contributed by atoms with E-state index in [-0.39, 0.29) is 0 Å². The van der Waals surface area contributed by atoms with Crippen molar-refractivity contribution in [2.45, 2.75) is 51.0 Å². The lowest BCUT2D eigenvalue weighted by Gasteiger charge is -2.41. The van der Waals surface area contributed by atoms with Crippen molar-refractivity contribution in [1.29, 1.82) is 0 Å². The van der Waals surface area contributed by atoms with Gasteiger partial charge in [0.05, 0.1) is 7.11 Å². The third kappa shape index (κ3) is 4.16. The molecule has 5 heteroatoms. The molecule has 0 aliphatic carbocycles. The molecule has 2 aromatic heterocycles. The van der Waals surface area contributed by atoms with E-state index in [1.807, 2.05) is 12.3 Å². The number of ether oxygens (including phenoxy) is 1. The van der Waals surface area contributed by atoms with Gasteiger partial charge in [-0.05, 0) is 101 Å². The molecule has 1 aromatic carbocycles. The molecule has 4 heterocycles. The van der Waals surface area contributed by atoms with E-state index in [2.05, 4.69) is 58.0 Å². The summed E-state index contributed by atoms with van der Waals surface area (Å²) in [4.78, 5) is 13.2. The fourth-order valence-electron chi connectivity index (χ4n) is 5.77. The number of aromatic amines is 1. The monoisotopic (exact) mass is 432 g/mol. The molecule has 0 spiro atoms. The minimum absolute atomic E-state index is 0.653. The summed E-state index contributed by atoms with van der Waals surface area (Å²) < 4.78 is 5.35. The first kappa shape index (κ1) is 21.5. The molecule has 32 heavy (non-hydrogen) atoms. The predicted octanol–water partition coefficient (Wildman–Crippen LogP) is 5.07. The zero-order valence-electron chi connectivity index (χ0n) is 19.7. The third-order valence-electron chi connectivity index (χ3n) is 7.72. The van der Waals surface area contributed by atoms with Gasteiger partial charge in [0.2, 0.25) is 5.88 Å². The van der Waals surface area contributed by atoms with Gasteiger partial charge in [-0.15, -0.1) is 0 Å². The van der Waals surface area contributed by atoms with Crippen molar-refractivity contribution in [3.8, 4) is 17.1 Å². The van der Waals surface area contributed by atoms with Crippen molar-refractivity contribution in [3.63, 3.8) is 0 Å². The Morgan fingerprint density at radius 2 is 1.81 bits per heavy atom. The van der Waals surface area contributed by atoms with Crippen molar-refractivity contribution < 1.29 is 4.74 Å². The summed E-state index contributed by atoms with van der Waals surface area (Å²) in [6.07, 6.45) is 8.04. The Morgan fingerprint density at radius 3 is 2.53 bits per heavy atom. The van der Waals surface area contributed by atoms with E-state index in [9.17, 15) is 0 Å². The fraction of sp³-hybridized carbons (Fsp3) is 0.519. The molecule has 1 N–H and O–H groups in total.